The van der Waals surface area contributed by atoms with Crippen LogP contribution >= 0.6 is 0 Å². The molecular weight excluding hydrogens is 138 g/mol. The molecule has 0 amide bonds. The van der Waals surface area contributed by atoms with Gasteiger partial charge in [0, 0.05) is 19.3 Å². The molecule has 0 spiro atoms. The first-order valence-electron chi connectivity index (χ1n) is 3.93. The second-order valence-electron chi connectivity index (χ2n) is 2.22. The maximum absolute atomic E-state index is 5.60. The van der Waals surface area contributed by atoms with Crippen molar-refractivity contribution in [3.63, 3.8) is 0 Å². The first-order chi connectivity index (χ1) is 5.22. The van der Waals surface area contributed by atoms with Gasteiger partial charge in [0.25, 0.3) is 0 Å². The van der Waals surface area contributed by atoms with E-state index >= 15 is 0 Å². The van der Waals surface area contributed by atoms with E-state index in [2.05, 4.69) is 4.98 Å². The second-order valence-corrected chi connectivity index (χ2v) is 2.22. The Morgan fingerprint density at radius 1 is 1.55 bits per heavy atom. The Morgan fingerprint density at radius 3 is 2.27 bits per heavy atom. The van der Waals surface area contributed by atoms with Gasteiger partial charge >= 0.3 is 0 Å². The van der Waals surface area contributed by atoms with E-state index in [-0.39, 0.29) is 6.04 Å². The zero-order valence-corrected chi connectivity index (χ0v) is 7.70. The van der Waals surface area contributed by atoms with Crippen molar-refractivity contribution in [3.05, 3.63) is 18.2 Å². The summed E-state index contributed by atoms with van der Waals surface area (Å²) in [5, 5.41) is 0. The molecule has 0 aliphatic rings. The molecule has 1 aromatic heterocycles. The predicted octanol–water partition coefficient (Wildman–Crippen LogP) is 1.47. The number of nitrogens with two attached hydrogens (primary N) is 1. The Kier molecular flexibility index (Phi) is 4.54. The highest BCUT2D eigenvalue weighted by Gasteiger charge is 2.01. The molecule has 0 aliphatic heterocycles. The molecule has 1 rings (SSSR count). The summed E-state index contributed by atoms with van der Waals surface area (Å²) in [6.45, 7) is 5.94. The van der Waals surface area contributed by atoms with E-state index in [4.69, 9.17) is 5.73 Å². The van der Waals surface area contributed by atoms with Crippen molar-refractivity contribution in [2.24, 2.45) is 12.8 Å². The molecule has 0 aliphatic carbocycles. The molecule has 0 bridgehead atoms. The van der Waals surface area contributed by atoms with Crippen molar-refractivity contribution < 1.29 is 0 Å². The lowest BCUT2D eigenvalue weighted by Crippen LogP contribution is -2.08. The molecule has 0 fully saturated rings. The van der Waals surface area contributed by atoms with Crippen LogP contribution in [0.1, 0.15) is 32.5 Å². The highest BCUT2D eigenvalue weighted by molar-refractivity contribution is 5.01. The summed E-state index contributed by atoms with van der Waals surface area (Å²) in [5.74, 6) is 0. The maximum Gasteiger partial charge on any atom is 0.0946 e. The average molecular weight is 155 g/mol. The van der Waals surface area contributed by atoms with E-state index in [9.17, 15) is 0 Å². The lowest BCUT2D eigenvalue weighted by atomic mass is 10.3. The average Bonchev–Trinajstić information content (AvgIpc) is 2.39. The van der Waals surface area contributed by atoms with Crippen LogP contribution in [-0.4, -0.2) is 9.55 Å². The van der Waals surface area contributed by atoms with E-state index in [0.717, 1.165) is 5.69 Å². The van der Waals surface area contributed by atoms with Crippen molar-refractivity contribution in [2.75, 3.05) is 0 Å². The van der Waals surface area contributed by atoms with Gasteiger partial charge in [-0.25, -0.2) is 4.98 Å². The summed E-state index contributed by atoms with van der Waals surface area (Å²) in [6.07, 6.45) is 3.53. The number of nitrogens with zero attached hydrogens (tertiary/aromatic N) is 2. The highest BCUT2D eigenvalue weighted by Crippen LogP contribution is 2.05. The van der Waals surface area contributed by atoms with Gasteiger partial charge in [0.05, 0.1) is 12.0 Å². The van der Waals surface area contributed by atoms with E-state index < -0.39 is 0 Å². The molecule has 0 aromatic carbocycles. The van der Waals surface area contributed by atoms with Crippen LogP contribution in [0.25, 0.3) is 0 Å². The Hall–Kier alpha value is -0.830. The summed E-state index contributed by atoms with van der Waals surface area (Å²) in [4.78, 5) is 3.93. The lowest BCUT2D eigenvalue weighted by Gasteiger charge is -2.03. The van der Waals surface area contributed by atoms with Crippen LogP contribution in [0.5, 0.6) is 0 Å². The number of rotatable bonds is 1. The molecule has 3 nitrogen and oxygen atoms in total. The van der Waals surface area contributed by atoms with Gasteiger partial charge in [-0.2, -0.15) is 0 Å². The topological polar surface area (TPSA) is 43.8 Å². The highest BCUT2D eigenvalue weighted by atomic mass is 15.0. The zero-order valence-electron chi connectivity index (χ0n) is 7.70. The van der Waals surface area contributed by atoms with Crippen molar-refractivity contribution in [2.45, 2.75) is 26.8 Å². The molecule has 0 saturated heterocycles. The molecule has 0 saturated carbocycles. The van der Waals surface area contributed by atoms with Gasteiger partial charge in [-0.05, 0) is 6.92 Å². The van der Waals surface area contributed by atoms with Gasteiger partial charge in [0.1, 0.15) is 0 Å². The first-order valence-corrected chi connectivity index (χ1v) is 3.93. The number of aryl methyl sites for hydroxylation is 1. The van der Waals surface area contributed by atoms with Gasteiger partial charge in [0.2, 0.25) is 0 Å². The van der Waals surface area contributed by atoms with Crippen LogP contribution < -0.4 is 5.73 Å². The van der Waals surface area contributed by atoms with E-state index in [1.165, 1.54) is 0 Å². The minimum Gasteiger partial charge on any atom is -0.336 e. The maximum atomic E-state index is 5.60. The van der Waals surface area contributed by atoms with Gasteiger partial charge in [-0.1, -0.05) is 13.8 Å². The van der Waals surface area contributed by atoms with E-state index in [1.807, 2.05) is 32.4 Å². The monoisotopic (exact) mass is 155 g/mol. The summed E-state index contributed by atoms with van der Waals surface area (Å²) in [7, 11) is 1.94. The fraction of sp³-hybridized carbons (Fsp3) is 0.625. The van der Waals surface area contributed by atoms with Crippen LogP contribution in [-0.2, 0) is 7.05 Å². The third kappa shape index (κ3) is 2.72. The zero-order chi connectivity index (χ0) is 8.85. The van der Waals surface area contributed by atoms with Gasteiger partial charge in [0.15, 0.2) is 0 Å². The molecule has 1 unspecified atom stereocenters. The molecule has 3 heteroatoms. The second kappa shape index (κ2) is 4.91. The fourth-order valence-electron chi connectivity index (χ4n) is 0.806. The van der Waals surface area contributed by atoms with Crippen molar-refractivity contribution in [3.8, 4) is 0 Å². The molecule has 1 atom stereocenters. The molecule has 64 valence electrons. The Bertz CT molecular complexity index is 191. The number of hydrogen-bond donors (Lipinski definition) is 1. The molecule has 11 heavy (non-hydrogen) atoms. The third-order valence-electron chi connectivity index (χ3n) is 1.32. The van der Waals surface area contributed by atoms with Crippen molar-refractivity contribution in [1.29, 1.82) is 0 Å². The minimum atomic E-state index is 0.0810. The number of aromatic nitrogens is 2. The summed E-state index contributed by atoms with van der Waals surface area (Å²) in [5.41, 5.74) is 6.66. The quantitative estimate of drug-likeness (QED) is 0.667. The normalized spacial score (nSPS) is 11.7. The van der Waals surface area contributed by atoms with Gasteiger partial charge in [-0.15, -0.1) is 0 Å². The third-order valence-corrected chi connectivity index (χ3v) is 1.32. The van der Waals surface area contributed by atoms with Crippen LogP contribution in [0.15, 0.2) is 12.5 Å². The SMILES string of the molecule is CC.CC(N)c1cncn1C. The Balaban J connectivity index is 0.000000461. The van der Waals surface area contributed by atoms with Crippen LogP contribution in [0.3, 0.4) is 0 Å². The lowest BCUT2D eigenvalue weighted by molar-refractivity contribution is 0.715. The summed E-state index contributed by atoms with van der Waals surface area (Å²) < 4.78 is 1.92. The summed E-state index contributed by atoms with van der Waals surface area (Å²) >= 11 is 0. The molecule has 2 N–H and O–H groups in total. The number of hydrogen-bond acceptors (Lipinski definition) is 2. The number of imidazole rings is 1. The standard InChI is InChI=1S/C6H11N3.C2H6/c1-5(7)6-3-8-4-9(6)2;1-2/h3-5H,7H2,1-2H3;1-2H3. The van der Waals surface area contributed by atoms with Crippen LogP contribution in [0, 0.1) is 0 Å². The van der Waals surface area contributed by atoms with Crippen LogP contribution in [0.4, 0.5) is 0 Å². The molecule has 1 heterocycles. The Labute approximate surface area is 68.2 Å². The largest absolute Gasteiger partial charge is 0.336 e. The van der Waals surface area contributed by atoms with Gasteiger partial charge in [-0.3, -0.25) is 0 Å². The fourth-order valence-corrected chi connectivity index (χ4v) is 0.806. The van der Waals surface area contributed by atoms with E-state index in [1.54, 1.807) is 12.5 Å². The van der Waals surface area contributed by atoms with E-state index in [0.29, 0.717) is 0 Å². The minimum absolute atomic E-state index is 0.0810. The van der Waals surface area contributed by atoms with Gasteiger partial charge < -0.3 is 10.3 Å². The predicted molar refractivity (Wildman–Crippen MR) is 47.2 cm³/mol. The molecular formula is C8H17N3. The summed E-state index contributed by atoms with van der Waals surface area (Å²) in [6, 6.07) is 0.0810. The van der Waals surface area contributed by atoms with Crippen molar-refractivity contribution in [1.82, 2.24) is 9.55 Å². The van der Waals surface area contributed by atoms with Crippen LogP contribution in [0.2, 0.25) is 0 Å². The first kappa shape index (κ1) is 10.2. The van der Waals surface area contributed by atoms with Crippen molar-refractivity contribution >= 4 is 0 Å². The Morgan fingerprint density at radius 2 is 2.09 bits per heavy atom. The smallest absolute Gasteiger partial charge is 0.0946 e. The molecule has 1 aromatic rings. The molecule has 0 radical (unpaired) electrons.